The van der Waals surface area contributed by atoms with E-state index in [4.69, 9.17) is 26.5 Å². The molecule has 14 heteroatoms. The Bertz CT molecular complexity index is 2640. The van der Waals surface area contributed by atoms with E-state index in [0.717, 1.165) is 21.8 Å². The molecule has 0 spiro atoms. The van der Waals surface area contributed by atoms with Crippen molar-refractivity contribution >= 4 is 56.5 Å². The number of rotatable bonds is 12. The average molecular weight is 835 g/mol. The molecule has 9 rings (SSSR count). The fraction of sp³-hybridized carbons (Fsp3) is 0.125. The van der Waals surface area contributed by atoms with Crippen molar-refractivity contribution in [2.45, 2.75) is 40.0 Å². The number of furan rings is 6. The van der Waals surface area contributed by atoms with Gasteiger partial charge in [0.2, 0.25) is 34.7 Å². The number of hydrogen-bond acceptors (Lipinski definition) is 14. The van der Waals surface area contributed by atoms with Crippen LogP contribution >= 0.6 is 0 Å². The highest BCUT2D eigenvalue weighted by Crippen LogP contribution is 2.21. The van der Waals surface area contributed by atoms with Gasteiger partial charge in [-0.2, -0.15) is 0 Å². The zero-order valence-electron chi connectivity index (χ0n) is 33.7. The lowest BCUT2D eigenvalue weighted by Crippen LogP contribution is -2.06. The molecule has 9 aromatic rings. The number of pyridine rings is 2. The fourth-order valence-corrected chi connectivity index (χ4v) is 5.70. The van der Waals surface area contributed by atoms with Gasteiger partial charge in [0.1, 0.15) is 17.3 Å². The molecule has 8 aromatic heterocycles. The number of hydrogen-bond donors (Lipinski definition) is 0. The Morgan fingerprint density at radius 3 is 0.935 bits per heavy atom. The van der Waals surface area contributed by atoms with Gasteiger partial charge in [-0.05, 0) is 106 Å². The van der Waals surface area contributed by atoms with Crippen LogP contribution in [-0.2, 0) is 0 Å². The van der Waals surface area contributed by atoms with Gasteiger partial charge in [-0.1, -0.05) is 24.3 Å². The van der Waals surface area contributed by atoms with Crippen LogP contribution < -0.4 is 0 Å². The predicted molar refractivity (Wildman–Crippen MR) is 223 cm³/mol. The molecule has 8 heterocycles. The molecule has 0 bridgehead atoms. The molecule has 0 unspecified atom stereocenters. The van der Waals surface area contributed by atoms with Gasteiger partial charge in [-0.3, -0.25) is 38.7 Å². The molecule has 0 saturated heterocycles. The molecule has 0 radical (unpaired) electrons. The van der Waals surface area contributed by atoms with Gasteiger partial charge in [0.15, 0.2) is 34.6 Å². The van der Waals surface area contributed by atoms with Gasteiger partial charge in [0, 0.05) is 23.2 Å². The van der Waals surface area contributed by atoms with Crippen LogP contribution in [0.5, 0.6) is 0 Å². The second-order valence-corrected chi connectivity index (χ2v) is 13.4. The van der Waals surface area contributed by atoms with Crippen LogP contribution in [0.2, 0.25) is 0 Å². The Morgan fingerprint density at radius 2 is 0.677 bits per heavy atom. The van der Waals surface area contributed by atoms with Crippen molar-refractivity contribution in [3.05, 3.63) is 192 Å². The summed E-state index contributed by atoms with van der Waals surface area (Å²) in [7, 11) is 0. The van der Waals surface area contributed by atoms with Gasteiger partial charge in [0.25, 0.3) is 0 Å². The monoisotopic (exact) mass is 834 g/mol. The minimum Gasteiger partial charge on any atom is -0.461 e. The molecule has 0 N–H and O–H groups in total. The zero-order chi connectivity index (χ0) is 44.0. The maximum absolute atomic E-state index is 11.6. The van der Waals surface area contributed by atoms with E-state index < -0.39 is 0 Å². The number of aromatic nitrogens is 2. The first-order valence-electron chi connectivity index (χ1n) is 19.0. The Morgan fingerprint density at radius 1 is 0.371 bits per heavy atom. The third-order valence-corrected chi connectivity index (χ3v) is 8.74. The van der Waals surface area contributed by atoms with Crippen LogP contribution in [0.25, 0.3) is 21.8 Å². The molecule has 14 nitrogen and oxygen atoms in total. The minimum atomic E-state index is -0.343. The largest absolute Gasteiger partial charge is 0.461 e. The standard InChI is InChI=1S/C12H8N2.3C12H10O4/c1-3-9-5-6-10-4-2-8-14-12(10)11(9)13-7-1;3*1-8-4-5-12(16-8)10(14)7-9(13)11-3-2-6-15-11/h1-8H;3*2-6H,7H2,1H3. The lowest BCUT2D eigenvalue weighted by Gasteiger charge is -2.00. The number of carbonyl (C=O) groups excluding carboxylic acids is 6. The van der Waals surface area contributed by atoms with Crippen LogP contribution in [0.1, 0.15) is 99.9 Å². The van der Waals surface area contributed by atoms with E-state index in [1.54, 1.807) is 87.8 Å². The Hall–Kier alpha value is -8.26. The number of fused-ring (bicyclic) bond motifs is 3. The smallest absolute Gasteiger partial charge is 0.205 e. The number of benzene rings is 1. The van der Waals surface area contributed by atoms with E-state index in [1.807, 2.05) is 12.1 Å². The maximum Gasteiger partial charge on any atom is 0.205 e. The highest BCUT2D eigenvalue weighted by molar-refractivity contribution is 6.13. The normalized spacial score (nSPS) is 10.4. The van der Waals surface area contributed by atoms with E-state index in [2.05, 4.69) is 34.2 Å². The summed E-state index contributed by atoms with van der Waals surface area (Å²) in [5.41, 5.74) is 1.95. The summed E-state index contributed by atoms with van der Waals surface area (Å²) in [6.07, 6.45) is 7.09. The van der Waals surface area contributed by atoms with Crippen molar-refractivity contribution in [3.8, 4) is 0 Å². The molecular weight excluding hydrogens is 797 g/mol. The van der Waals surface area contributed by atoms with Crippen LogP contribution in [0.15, 0.2) is 167 Å². The predicted octanol–water partition coefficient (Wildman–Crippen LogP) is 10.7. The Balaban J connectivity index is 0.000000138. The van der Waals surface area contributed by atoms with Crippen molar-refractivity contribution in [1.29, 1.82) is 0 Å². The highest BCUT2D eigenvalue weighted by atomic mass is 16.4. The third-order valence-electron chi connectivity index (χ3n) is 8.74. The second-order valence-electron chi connectivity index (χ2n) is 13.4. The molecule has 0 saturated carbocycles. The number of aryl methyl sites for hydroxylation is 3. The third kappa shape index (κ3) is 11.7. The molecule has 0 amide bonds. The van der Waals surface area contributed by atoms with Crippen LogP contribution in [0, 0.1) is 20.8 Å². The quantitative estimate of drug-likeness (QED) is 0.0637. The maximum atomic E-state index is 11.6. The zero-order valence-corrected chi connectivity index (χ0v) is 33.7. The molecule has 62 heavy (non-hydrogen) atoms. The summed E-state index contributed by atoms with van der Waals surface area (Å²) in [5.74, 6) is 1.09. The number of carbonyl (C=O) groups is 6. The molecule has 1 aromatic carbocycles. The number of Topliss-reactive ketones (excluding diaryl/α,β-unsaturated/α-hetero) is 6. The van der Waals surface area contributed by atoms with Crippen molar-refractivity contribution in [2.24, 2.45) is 0 Å². The van der Waals surface area contributed by atoms with Gasteiger partial charge < -0.3 is 26.5 Å². The molecular formula is C48H38N2O12. The summed E-state index contributed by atoms with van der Waals surface area (Å²) >= 11 is 0. The first-order valence-corrected chi connectivity index (χ1v) is 19.0. The lowest BCUT2D eigenvalue weighted by molar-refractivity contribution is 0.0848. The van der Waals surface area contributed by atoms with Gasteiger partial charge in [0.05, 0.1) is 49.1 Å². The summed E-state index contributed by atoms with van der Waals surface area (Å²) in [6.45, 7) is 5.22. The molecule has 0 aliphatic heterocycles. The summed E-state index contributed by atoms with van der Waals surface area (Å²) in [5, 5.41) is 2.28. The Kier molecular flexibility index (Phi) is 14.4. The minimum absolute atomic E-state index is 0.191. The van der Waals surface area contributed by atoms with E-state index in [-0.39, 0.29) is 88.5 Å². The van der Waals surface area contributed by atoms with Gasteiger partial charge in [-0.25, -0.2) is 0 Å². The summed E-state index contributed by atoms with van der Waals surface area (Å²) in [4.78, 5) is 78.1. The molecule has 0 aliphatic rings. The van der Waals surface area contributed by atoms with Crippen LogP contribution in [0.3, 0.4) is 0 Å². The van der Waals surface area contributed by atoms with Crippen molar-refractivity contribution < 1.29 is 55.3 Å². The van der Waals surface area contributed by atoms with Crippen LogP contribution in [0.4, 0.5) is 0 Å². The summed E-state index contributed by atoms with van der Waals surface area (Å²) in [6, 6.07) is 31.3. The summed E-state index contributed by atoms with van der Waals surface area (Å²) < 4.78 is 30.1. The van der Waals surface area contributed by atoms with E-state index in [0.29, 0.717) is 17.3 Å². The van der Waals surface area contributed by atoms with Crippen molar-refractivity contribution in [1.82, 2.24) is 9.97 Å². The molecule has 0 atom stereocenters. The fourth-order valence-electron chi connectivity index (χ4n) is 5.70. The SMILES string of the molecule is Cc1ccc(C(=O)CC(=O)c2ccco2)o1.Cc1ccc(C(=O)CC(=O)c2ccco2)o1.Cc1ccc(C(=O)CC(=O)c2ccco2)o1.c1cnc2c(c1)ccc1cccnc12. The second kappa shape index (κ2) is 20.6. The number of nitrogens with zero attached hydrogens (tertiary/aromatic N) is 2. The first-order chi connectivity index (χ1) is 29.9. The van der Waals surface area contributed by atoms with Crippen LogP contribution in [-0.4, -0.2) is 44.7 Å². The lowest BCUT2D eigenvalue weighted by atomic mass is 10.1. The van der Waals surface area contributed by atoms with E-state index in [9.17, 15) is 28.8 Å². The first kappa shape index (κ1) is 43.3. The molecule has 312 valence electrons. The van der Waals surface area contributed by atoms with Gasteiger partial charge in [-0.15, -0.1) is 0 Å². The number of ketones is 6. The average Bonchev–Trinajstić information content (AvgIpc) is 4.13. The highest BCUT2D eigenvalue weighted by Gasteiger charge is 2.20. The topological polar surface area (TPSA) is 207 Å². The van der Waals surface area contributed by atoms with Crippen molar-refractivity contribution in [2.75, 3.05) is 0 Å². The van der Waals surface area contributed by atoms with E-state index >= 15 is 0 Å². The van der Waals surface area contributed by atoms with Gasteiger partial charge >= 0.3 is 0 Å². The molecule has 0 fully saturated rings. The van der Waals surface area contributed by atoms with Crippen molar-refractivity contribution in [3.63, 3.8) is 0 Å². The molecule has 0 aliphatic carbocycles. The van der Waals surface area contributed by atoms with E-state index in [1.165, 1.54) is 37.0 Å². The Labute approximate surface area is 353 Å².